The molecule has 0 radical (unpaired) electrons. The molecule has 2 N–H and O–H groups in total. The van der Waals surface area contributed by atoms with Crippen LogP contribution in [-0.2, 0) is 0 Å². The minimum atomic E-state index is -0.0874. The van der Waals surface area contributed by atoms with Crippen LogP contribution in [0.3, 0.4) is 0 Å². The minimum Gasteiger partial charge on any atom is -0.396 e. The minimum absolute atomic E-state index is 0.0853. The van der Waals surface area contributed by atoms with E-state index in [9.17, 15) is 4.79 Å². The van der Waals surface area contributed by atoms with Crippen LogP contribution in [-0.4, -0.2) is 45.8 Å². The molecular weight excluding hydrogens is 254 g/mol. The van der Waals surface area contributed by atoms with Crippen molar-refractivity contribution in [2.24, 2.45) is 0 Å². The third-order valence-electron chi connectivity index (χ3n) is 3.13. The average molecular weight is 273 g/mol. The molecule has 1 aromatic carbocycles. The molecule has 5 nitrogen and oxygen atoms in total. The molecule has 0 aliphatic carbocycles. The number of carbonyl (C=O) groups excluding carboxylic acids is 1. The van der Waals surface area contributed by atoms with Gasteiger partial charge in [-0.05, 0) is 19.4 Å². The monoisotopic (exact) mass is 273 g/mol. The molecule has 2 aromatic rings. The Morgan fingerprint density at radius 1 is 1.35 bits per heavy atom. The summed E-state index contributed by atoms with van der Waals surface area (Å²) in [5, 5.41) is 15.8. The van der Waals surface area contributed by atoms with E-state index in [4.69, 9.17) is 5.11 Å². The van der Waals surface area contributed by atoms with E-state index in [-0.39, 0.29) is 12.5 Å². The molecule has 2 rings (SSSR count). The molecule has 0 bridgehead atoms. The molecule has 1 amide bonds. The Morgan fingerprint density at radius 2 is 2.10 bits per heavy atom. The van der Waals surface area contributed by atoms with Crippen LogP contribution in [0.2, 0.25) is 0 Å². The van der Waals surface area contributed by atoms with Gasteiger partial charge in [0.25, 0.3) is 5.91 Å². The first-order valence-corrected chi connectivity index (χ1v) is 6.77. The van der Waals surface area contributed by atoms with E-state index in [1.165, 1.54) is 0 Å². The normalized spacial score (nSPS) is 10.5. The van der Waals surface area contributed by atoms with Crippen LogP contribution < -0.4 is 0 Å². The van der Waals surface area contributed by atoms with Crippen molar-refractivity contribution in [3.8, 4) is 11.3 Å². The van der Waals surface area contributed by atoms with E-state index in [1.54, 1.807) is 11.0 Å². The molecule has 5 heteroatoms. The number of carbonyl (C=O) groups is 1. The Kier molecular flexibility index (Phi) is 4.90. The van der Waals surface area contributed by atoms with Crippen LogP contribution >= 0.6 is 0 Å². The average Bonchev–Trinajstić information content (AvgIpc) is 2.98. The van der Waals surface area contributed by atoms with E-state index in [1.807, 2.05) is 37.3 Å². The Balaban J connectivity index is 2.13. The molecule has 0 saturated heterocycles. The number of hydrogen-bond acceptors (Lipinski definition) is 3. The topological polar surface area (TPSA) is 69.2 Å². The van der Waals surface area contributed by atoms with E-state index in [0.29, 0.717) is 25.2 Å². The maximum Gasteiger partial charge on any atom is 0.271 e. The summed E-state index contributed by atoms with van der Waals surface area (Å²) in [5.41, 5.74) is 2.21. The lowest BCUT2D eigenvalue weighted by Crippen LogP contribution is -2.32. The molecule has 20 heavy (non-hydrogen) atoms. The Hall–Kier alpha value is -2.14. The number of rotatable bonds is 6. The van der Waals surface area contributed by atoms with Gasteiger partial charge in [-0.25, -0.2) is 0 Å². The lowest BCUT2D eigenvalue weighted by Gasteiger charge is -2.19. The van der Waals surface area contributed by atoms with Gasteiger partial charge in [-0.1, -0.05) is 30.3 Å². The van der Waals surface area contributed by atoms with Gasteiger partial charge in [0.1, 0.15) is 5.69 Å². The molecule has 0 aliphatic rings. The van der Waals surface area contributed by atoms with Gasteiger partial charge < -0.3 is 10.0 Å². The van der Waals surface area contributed by atoms with E-state index in [0.717, 1.165) is 11.3 Å². The van der Waals surface area contributed by atoms with Crippen molar-refractivity contribution >= 4 is 5.91 Å². The number of nitrogens with zero attached hydrogens (tertiary/aromatic N) is 2. The highest BCUT2D eigenvalue weighted by molar-refractivity contribution is 5.93. The maximum atomic E-state index is 12.3. The van der Waals surface area contributed by atoms with E-state index in [2.05, 4.69) is 10.2 Å². The predicted molar refractivity (Wildman–Crippen MR) is 77.3 cm³/mol. The third-order valence-corrected chi connectivity index (χ3v) is 3.13. The Bertz CT molecular complexity index is 551. The van der Waals surface area contributed by atoms with Gasteiger partial charge in [-0.3, -0.25) is 9.89 Å². The van der Waals surface area contributed by atoms with Crippen LogP contribution in [0.25, 0.3) is 11.3 Å². The Labute approximate surface area is 118 Å². The quantitative estimate of drug-likeness (QED) is 0.845. The molecule has 0 atom stereocenters. The van der Waals surface area contributed by atoms with Crippen molar-refractivity contribution < 1.29 is 9.90 Å². The fraction of sp³-hybridized carbons (Fsp3) is 0.333. The fourth-order valence-corrected chi connectivity index (χ4v) is 2.02. The molecule has 0 aliphatic heterocycles. The predicted octanol–water partition coefficient (Wildman–Crippen LogP) is 1.92. The summed E-state index contributed by atoms with van der Waals surface area (Å²) < 4.78 is 0. The lowest BCUT2D eigenvalue weighted by atomic mass is 10.1. The van der Waals surface area contributed by atoms with Gasteiger partial charge >= 0.3 is 0 Å². The summed E-state index contributed by atoms with van der Waals surface area (Å²) in [7, 11) is 0. The summed E-state index contributed by atoms with van der Waals surface area (Å²) in [6.07, 6.45) is 0.583. The summed E-state index contributed by atoms with van der Waals surface area (Å²) in [6, 6.07) is 11.5. The highest BCUT2D eigenvalue weighted by Crippen LogP contribution is 2.17. The number of hydrogen-bond donors (Lipinski definition) is 2. The number of amides is 1. The first-order valence-electron chi connectivity index (χ1n) is 6.77. The molecule has 106 valence electrons. The van der Waals surface area contributed by atoms with Gasteiger partial charge in [-0.15, -0.1) is 0 Å². The van der Waals surface area contributed by atoms with E-state index < -0.39 is 0 Å². The largest absolute Gasteiger partial charge is 0.396 e. The zero-order valence-corrected chi connectivity index (χ0v) is 11.5. The first kappa shape index (κ1) is 14.3. The smallest absolute Gasteiger partial charge is 0.271 e. The fourth-order valence-electron chi connectivity index (χ4n) is 2.02. The molecule has 1 heterocycles. The van der Waals surface area contributed by atoms with Crippen LogP contribution in [0.4, 0.5) is 0 Å². The van der Waals surface area contributed by atoms with Gasteiger partial charge in [-0.2, -0.15) is 5.10 Å². The van der Waals surface area contributed by atoms with Gasteiger partial charge in [0.05, 0.1) is 5.69 Å². The first-order chi connectivity index (χ1) is 9.76. The van der Waals surface area contributed by atoms with Crippen molar-refractivity contribution in [1.82, 2.24) is 15.1 Å². The number of aromatic amines is 1. The maximum absolute atomic E-state index is 12.3. The highest BCUT2D eigenvalue weighted by atomic mass is 16.3. The van der Waals surface area contributed by atoms with Crippen molar-refractivity contribution in [1.29, 1.82) is 0 Å². The second kappa shape index (κ2) is 6.86. The molecule has 1 aromatic heterocycles. The van der Waals surface area contributed by atoms with E-state index >= 15 is 0 Å². The summed E-state index contributed by atoms with van der Waals surface area (Å²) in [4.78, 5) is 14.0. The standard InChI is InChI=1S/C15H19N3O2/c1-2-18(9-6-10-19)15(20)14-11-13(16-17-14)12-7-4-3-5-8-12/h3-5,7-8,11,19H,2,6,9-10H2,1H3,(H,16,17). The number of nitrogens with one attached hydrogen (secondary N) is 1. The van der Waals surface area contributed by atoms with Crippen LogP contribution in [0, 0.1) is 0 Å². The molecular formula is C15H19N3O2. The number of H-pyrrole nitrogens is 1. The SMILES string of the molecule is CCN(CCCO)C(=O)c1cc(-c2ccccc2)n[nH]1. The van der Waals surface area contributed by atoms with Crippen molar-refractivity contribution in [2.75, 3.05) is 19.7 Å². The zero-order valence-electron chi connectivity index (χ0n) is 11.5. The van der Waals surface area contributed by atoms with Crippen LogP contribution in [0.5, 0.6) is 0 Å². The Morgan fingerprint density at radius 3 is 2.75 bits per heavy atom. The van der Waals surface area contributed by atoms with Crippen molar-refractivity contribution in [3.63, 3.8) is 0 Å². The van der Waals surface area contributed by atoms with Gasteiger partial charge in [0.15, 0.2) is 0 Å². The van der Waals surface area contributed by atoms with Crippen LogP contribution in [0.15, 0.2) is 36.4 Å². The lowest BCUT2D eigenvalue weighted by molar-refractivity contribution is 0.0748. The van der Waals surface area contributed by atoms with Gasteiger partial charge in [0.2, 0.25) is 0 Å². The summed E-state index contributed by atoms with van der Waals surface area (Å²) >= 11 is 0. The third kappa shape index (κ3) is 3.24. The second-order valence-corrected chi connectivity index (χ2v) is 4.49. The molecule has 0 spiro atoms. The second-order valence-electron chi connectivity index (χ2n) is 4.49. The molecule has 0 fully saturated rings. The molecule has 0 unspecified atom stereocenters. The molecule has 0 saturated carbocycles. The summed E-state index contributed by atoms with van der Waals surface area (Å²) in [6.45, 7) is 3.16. The van der Waals surface area contributed by atoms with Gasteiger partial charge in [0, 0.05) is 25.3 Å². The van der Waals surface area contributed by atoms with Crippen molar-refractivity contribution in [3.05, 3.63) is 42.1 Å². The van der Waals surface area contributed by atoms with Crippen molar-refractivity contribution in [2.45, 2.75) is 13.3 Å². The summed E-state index contributed by atoms with van der Waals surface area (Å²) in [5.74, 6) is -0.0874. The zero-order chi connectivity index (χ0) is 14.4. The number of benzene rings is 1. The number of aliphatic hydroxyl groups excluding tert-OH is 1. The van der Waals surface area contributed by atoms with Crippen LogP contribution in [0.1, 0.15) is 23.8 Å². The highest BCUT2D eigenvalue weighted by Gasteiger charge is 2.16. The number of aliphatic hydroxyl groups is 1. The number of aromatic nitrogens is 2.